The smallest absolute Gasteiger partial charge is 0.410 e. The molecule has 1 aromatic heterocycles. The normalized spacial score (nSPS) is 19.4. The fourth-order valence-corrected chi connectivity index (χ4v) is 7.03. The van der Waals surface area contributed by atoms with Gasteiger partial charge in [0.1, 0.15) is 0 Å². The lowest BCUT2D eigenvalue weighted by atomic mass is 10.0. The highest BCUT2D eigenvalue weighted by Crippen LogP contribution is 2.27. The maximum Gasteiger partial charge on any atom is 0.410 e. The van der Waals surface area contributed by atoms with Crippen LogP contribution in [0.25, 0.3) is 11.3 Å². The number of carbonyl (C=O) groups is 2. The molecule has 0 unspecified atom stereocenters. The van der Waals surface area contributed by atoms with Crippen LogP contribution in [0.1, 0.15) is 37.3 Å². The molecule has 3 aromatic rings. The number of hydrogen-bond donors (Lipinski definition) is 2. The van der Waals surface area contributed by atoms with E-state index in [1.807, 2.05) is 41.4 Å². The lowest BCUT2D eigenvalue weighted by Gasteiger charge is -2.41. The van der Waals surface area contributed by atoms with Gasteiger partial charge in [-0.2, -0.15) is 0 Å². The minimum Gasteiger partial charge on any atom is -0.436 e. The quantitative estimate of drug-likeness (QED) is 0.391. The SMILES string of the molecule is O=C(O[C@H](Cc1ccc(Cl)c(Cl)c1)C(=O)N1CCN(C2CCNCC2)CC1)N1CCC(n2cc(-c3ccccc3)[nH]c2=O)CC1. The number of halogens is 2. The van der Waals surface area contributed by atoms with E-state index in [-0.39, 0.29) is 24.1 Å². The zero-order chi connectivity index (χ0) is 31.3. The summed E-state index contributed by atoms with van der Waals surface area (Å²) in [5.41, 5.74) is 2.31. The van der Waals surface area contributed by atoms with Gasteiger partial charge >= 0.3 is 11.8 Å². The van der Waals surface area contributed by atoms with Gasteiger partial charge in [-0.15, -0.1) is 0 Å². The first kappa shape index (κ1) is 31.7. The van der Waals surface area contributed by atoms with Gasteiger partial charge < -0.3 is 24.8 Å². The molecule has 3 aliphatic heterocycles. The molecule has 0 aliphatic carbocycles. The number of ether oxygens (including phenoxy) is 1. The van der Waals surface area contributed by atoms with E-state index in [9.17, 15) is 14.4 Å². The van der Waals surface area contributed by atoms with Gasteiger partial charge in [-0.1, -0.05) is 59.6 Å². The number of nitrogens with one attached hydrogen (secondary N) is 2. The summed E-state index contributed by atoms with van der Waals surface area (Å²) in [5, 5.41) is 4.23. The number of hydrogen-bond acceptors (Lipinski definition) is 6. The van der Waals surface area contributed by atoms with Gasteiger partial charge in [0.15, 0.2) is 6.10 Å². The molecule has 6 rings (SSSR count). The van der Waals surface area contributed by atoms with Crippen molar-refractivity contribution < 1.29 is 14.3 Å². The van der Waals surface area contributed by atoms with Crippen LogP contribution in [-0.4, -0.2) is 101 Å². The van der Waals surface area contributed by atoms with Crippen molar-refractivity contribution in [1.29, 1.82) is 0 Å². The number of imidazole rings is 1. The Morgan fingerprint density at radius 3 is 2.24 bits per heavy atom. The number of benzene rings is 2. The molecule has 2 aromatic carbocycles. The highest BCUT2D eigenvalue weighted by molar-refractivity contribution is 6.42. The van der Waals surface area contributed by atoms with E-state index >= 15 is 0 Å². The molecule has 0 saturated carbocycles. The van der Waals surface area contributed by atoms with Crippen LogP contribution in [0.5, 0.6) is 0 Å². The topological polar surface area (TPSA) is 103 Å². The third-order valence-corrected chi connectivity index (χ3v) is 10.1. The van der Waals surface area contributed by atoms with E-state index in [0.717, 1.165) is 55.8 Å². The summed E-state index contributed by atoms with van der Waals surface area (Å²) in [4.78, 5) is 49.0. The Labute approximate surface area is 273 Å². The number of carbonyl (C=O) groups excluding carboxylic acids is 2. The largest absolute Gasteiger partial charge is 0.436 e. The van der Waals surface area contributed by atoms with Crippen LogP contribution in [0.4, 0.5) is 4.79 Å². The summed E-state index contributed by atoms with van der Waals surface area (Å²) in [7, 11) is 0. The molecule has 240 valence electrons. The number of piperidine rings is 2. The van der Waals surface area contributed by atoms with E-state index in [4.69, 9.17) is 27.9 Å². The number of H-pyrrole nitrogens is 1. The minimum atomic E-state index is -0.987. The summed E-state index contributed by atoms with van der Waals surface area (Å²) < 4.78 is 7.70. The molecule has 10 nitrogen and oxygen atoms in total. The fraction of sp³-hybridized carbons (Fsp3) is 0.485. The number of aromatic nitrogens is 2. The van der Waals surface area contributed by atoms with E-state index in [1.165, 1.54) is 0 Å². The third kappa shape index (κ3) is 7.57. The van der Waals surface area contributed by atoms with Crippen LogP contribution >= 0.6 is 23.2 Å². The molecule has 12 heteroatoms. The second kappa shape index (κ2) is 14.4. The highest BCUT2D eigenvalue weighted by Gasteiger charge is 2.34. The molecule has 0 radical (unpaired) electrons. The zero-order valence-electron chi connectivity index (χ0n) is 25.3. The number of likely N-dealkylation sites (tertiary alicyclic amines) is 1. The molecular weight excluding hydrogens is 615 g/mol. The minimum absolute atomic E-state index is 0.0415. The second-order valence-electron chi connectivity index (χ2n) is 12.1. The van der Waals surface area contributed by atoms with Crippen molar-refractivity contribution in [2.45, 2.75) is 50.3 Å². The van der Waals surface area contributed by atoms with Crippen molar-refractivity contribution in [1.82, 2.24) is 29.6 Å². The first-order chi connectivity index (χ1) is 21.9. The van der Waals surface area contributed by atoms with Crippen molar-refractivity contribution in [3.8, 4) is 11.3 Å². The zero-order valence-corrected chi connectivity index (χ0v) is 26.8. The molecule has 0 spiro atoms. The summed E-state index contributed by atoms with van der Waals surface area (Å²) >= 11 is 12.4. The summed E-state index contributed by atoms with van der Waals surface area (Å²) in [5.74, 6) is -0.193. The predicted molar refractivity (Wildman–Crippen MR) is 175 cm³/mol. The van der Waals surface area contributed by atoms with E-state index in [1.54, 1.807) is 27.7 Å². The van der Waals surface area contributed by atoms with Gasteiger partial charge in [-0.05, 0) is 62.0 Å². The Kier molecular flexibility index (Phi) is 10.1. The first-order valence-corrected chi connectivity index (χ1v) is 16.6. The van der Waals surface area contributed by atoms with Gasteiger partial charge in [-0.3, -0.25) is 14.3 Å². The standard InChI is InChI=1S/C33H40Cl2N6O4/c34-27-7-6-23(20-28(27)35)21-30(31(42)39-18-16-38(17-19-39)25-8-12-36-13-9-25)45-33(44)40-14-10-26(11-15-40)41-22-29(37-32(41)43)24-4-2-1-3-5-24/h1-7,20,22,25-26,30,36H,8-19,21H2,(H,37,43)/t30-/m1/s1. The Hall–Kier alpha value is -3.31. The van der Waals surface area contributed by atoms with Crippen LogP contribution in [0.15, 0.2) is 59.5 Å². The Morgan fingerprint density at radius 1 is 0.844 bits per heavy atom. The first-order valence-electron chi connectivity index (χ1n) is 15.9. The van der Waals surface area contributed by atoms with Crippen LogP contribution in [0.2, 0.25) is 10.0 Å². The molecule has 2 N–H and O–H groups in total. The molecule has 45 heavy (non-hydrogen) atoms. The second-order valence-corrected chi connectivity index (χ2v) is 12.9. The van der Waals surface area contributed by atoms with Crippen molar-refractivity contribution in [2.75, 3.05) is 52.4 Å². The summed E-state index contributed by atoms with van der Waals surface area (Å²) in [6.07, 6.45) is 3.99. The van der Waals surface area contributed by atoms with E-state index in [0.29, 0.717) is 55.1 Å². The molecule has 3 aliphatic rings. The summed E-state index contributed by atoms with van der Waals surface area (Å²) in [6, 6.07) is 15.4. The van der Waals surface area contributed by atoms with Crippen LogP contribution < -0.4 is 11.0 Å². The monoisotopic (exact) mass is 654 g/mol. The fourth-order valence-electron chi connectivity index (χ4n) is 6.71. The van der Waals surface area contributed by atoms with Gasteiger partial charge in [0.25, 0.3) is 5.91 Å². The maximum absolute atomic E-state index is 13.9. The van der Waals surface area contributed by atoms with Crippen LogP contribution in [0.3, 0.4) is 0 Å². The maximum atomic E-state index is 13.9. The van der Waals surface area contributed by atoms with Crippen molar-refractivity contribution in [3.63, 3.8) is 0 Å². The summed E-state index contributed by atoms with van der Waals surface area (Å²) in [6.45, 7) is 5.71. The highest BCUT2D eigenvalue weighted by atomic mass is 35.5. The number of piperazine rings is 1. The molecule has 3 saturated heterocycles. The van der Waals surface area contributed by atoms with Gasteiger partial charge in [0.2, 0.25) is 0 Å². The number of nitrogens with zero attached hydrogens (tertiary/aromatic N) is 4. The molecule has 0 bridgehead atoms. The molecular formula is C33H40Cl2N6O4. The lowest BCUT2D eigenvalue weighted by molar-refractivity contribution is -0.143. The van der Waals surface area contributed by atoms with Gasteiger partial charge in [-0.25, -0.2) is 9.59 Å². The average Bonchev–Trinajstić information content (AvgIpc) is 3.48. The van der Waals surface area contributed by atoms with Gasteiger partial charge in [0, 0.05) is 64.0 Å². The lowest BCUT2D eigenvalue weighted by Crippen LogP contribution is -2.56. The van der Waals surface area contributed by atoms with Crippen molar-refractivity contribution in [2.24, 2.45) is 0 Å². The van der Waals surface area contributed by atoms with Crippen molar-refractivity contribution in [3.05, 3.63) is 80.8 Å². The Bertz CT molecular complexity index is 1520. The Morgan fingerprint density at radius 2 is 1.56 bits per heavy atom. The molecule has 1 atom stereocenters. The number of rotatable bonds is 7. The van der Waals surface area contributed by atoms with Gasteiger partial charge in [0.05, 0.1) is 15.7 Å². The number of aromatic amines is 1. The van der Waals surface area contributed by atoms with Crippen LogP contribution in [-0.2, 0) is 16.0 Å². The molecule has 2 amide bonds. The van der Waals surface area contributed by atoms with E-state index in [2.05, 4.69) is 15.2 Å². The number of amides is 2. The third-order valence-electron chi connectivity index (χ3n) is 9.32. The molecule has 4 heterocycles. The Balaban J connectivity index is 1.09. The van der Waals surface area contributed by atoms with Crippen LogP contribution in [0, 0.1) is 0 Å². The predicted octanol–water partition coefficient (Wildman–Crippen LogP) is 4.43. The van der Waals surface area contributed by atoms with Crippen molar-refractivity contribution >= 4 is 35.2 Å². The average molecular weight is 656 g/mol. The molecule has 3 fully saturated rings. The van der Waals surface area contributed by atoms with E-state index < -0.39 is 12.2 Å².